The number of aromatic amines is 1. The second-order valence-corrected chi connectivity index (χ2v) is 9.56. The number of rotatable bonds is 10. The quantitative estimate of drug-likeness (QED) is 0.469. The number of carbonyl (C=O) groups is 1. The predicted molar refractivity (Wildman–Crippen MR) is 125 cm³/mol. The molecule has 0 saturated heterocycles. The molecular weight excluding hydrogens is 442 g/mol. The number of hydrogen-bond donors (Lipinski definition) is 2. The molecule has 0 radical (unpaired) electrons. The van der Waals surface area contributed by atoms with Crippen molar-refractivity contribution in [1.82, 2.24) is 20.2 Å². The number of nitrogens with zero attached hydrogens (tertiary/aromatic N) is 2. The average Bonchev–Trinajstić information content (AvgIpc) is 3.51. The van der Waals surface area contributed by atoms with Crippen LogP contribution in [0.15, 0.2) is 51.9 Å². The molecule has 1 aliphatic carbocycles. The first-order valence-electron chi connectivity index (χ1n) is 11.4. The maximum Gasteiger partial charge on any atom is 0.417 e. The number of hydrogen-bond acceptors (Lipinski definition) is 5. The number of fused-ring (bicyclic) bond motifs is 1. The third-order valence-electron chi connectivity index (χ3n) is 7.03. The lowest BCUT2D eigenvalue weighted by molar-refractivity contribution is -0.123. The van der Waals surface area contributed by atoms with Gasteiger partial charge in [0, 0.05) is 42.7 Å². The number of benzene rings is 1. The van der Waals surface area contributed by atoms with Crippen LogP contribution in [0.5, 0.6) is 0 Å². The van der Waals surface area contributed by atoms with Gasteiger partial charge in [0.2, 0.25) is 5.91 Å². The van der Waals surface area contributed by atoms with Gasteiger partial charge < -0.3 is 14.6 Å². The number of pyridine rings is 1. The van der Waals surface area contributed by atoms with Crippen LogP contribution in [0.25, 0.3) is 11.1 Å². The maximum absolute atomic E-state index is 14.5. The van der Waals surface area contributed by atoms with Gasteiger partial charge in [-0.3, -0.25) is 14.8 Å². The SMILES string of the molecule is CN(C)[C@H](CNC(=O)C[C@@H](c1cccnc1)C1(C(C)(F)F)CC1)Cc1ccc2[nH]c(=O)oc2c1. The minimum Gasteiger partial charge on any atom is -0.408 e. The summed E-state index contributed by atoms with van der Waals surface area (Å²) in [5.41, 5.74) is 1.54. The van der Waals surface area contributed by atoms with Gasteiger partial charge in [-0.15, -0.1) is 0 Å². The first kappa shape index (κ1) is 24.1. The van der Waals surface area contributed by atoms with Gasteiger partial charge in [-0.2, -0.15) is 0 Å². The zero-order valence-electron chi connectivity index (χ0n) is 19.6. The molecule has 7 nitrogen and oxygen atoms in total. The van der Waals surface area contributed by atoms with Gasteiger partial charge in [-0.1, -0.05) is 12.1 Å². The van der Waals surface area contributed by atoms with Crippen molar-refractivity contribution in [3.63, 3.8) is 0 Å². The van der Waals surface area contributed by atoms with E-state index >= 15 is 0 Å². The van der Waals surface area contributed by atoms with Gasteiger partial charge in [-0.25, -0.2) is 13.6 Å². The van der Waals surface area contributed by atoms with Crippen LogP contribution in [0.1, 0.15) is 43.2 Å². The average molecular weight is 473 g/mol. The van der Waals surface area contributed by atoms with Crippen LogP contribution in [-0.2, 0) is 11.2 Å². The monoisotopic (exact) mass is 472 g/mol. The summed E-state index contributed by atoms with van der Waals surface area (Å²) in [4.78, 5) is 33.0. The molecule has 2 atom stereocenters. The van der Waals surface area contributed by atoms with Gasteiger partial charge in [0.1, 0.15) is 0 Å². The number of H-pyrrole nitrogens is 1. The summed E-state index contributed by atoms with van der Waals surface area (Å²) in [7, 11) is 3.84. The Hall–Kier alpha value is -3.07. The van der Waals surface area contributed by atoms with Gasteiger partial charge in [0.05, 0.1) is 5.52 Å². The summed E-state index contributed by atoms with van der Waals surface area (Å²) >= 11 is 0. The fourth-order valence-electron chi connectivity index (χ4n) is 4.76. The van der Waals surface area contributed by atoms with E-state index in [-0.39, 0.29) is 18.4 Å². The second kappa shape index (κ2) is 9.29. The van der Waals surface area contributed by atoms with E-state index < -0.39 is 23.0 Å². The standard InChI is InChI=1S/C25H30F2N4O3/c1-24(26,27)25(8-9-25)19(17-5-4-10-28-14-17)13-22(32)29-15-18(31(2)3)11-16-6-7-20-21(12-16)34-23(33)30-20/h4-7,10,12,14,18-19H,8-9,11,13,15H2,1-3H3,(H,29,32)(H,30,33)/t18-,19-/m0/s1. The fourth-order valence-corrected chi connectivity index (χ4v) is 4.76. The summed E-state index contributed by atoms with van der Waals surface area (Å²) in [5.74, 6) is -4.25. The first-order chi connectivity index (χ1) is 16.1. The molecule has 1 amide bonds. The van der Waals surface area contributed by atoms with Crippen LogP contribution in [0.2, 0.25) is 0 Å². The molecule has 182 valence electrons. The van der Waals surface area contributed by atoms with Crippen molar-refractivity contribution in [2.45, 2.75) is 50.5 Å². The highest BCUT2D eigenvalue weighted by atomic mass is 19.3. The Morgan fingerprint density at radius 1 is 1.32 bits per heavy atom. The largest absolute Gasteiger partial charge is 0.417 e. The number of halogens is 2. The van der Waals surface area contributed by atoms with Gasteiger partial charge in [-0.05, 0) is 69.6 Å². The molecule has 1 saturated carbocycles. The van der Waals surface area contributed by atoms with E-state index in [0.717, 1.165) is 12.5 Å². The number of amides is 1. The van der Waals surface area contributed by atoms with Crippen molar-refractivity contribution in [3.05, 3.63) is 64.4 Å². The van der Waals surface area contributed by atoms with E-state index in [2.05, 4.69) is 15.3 Å². The molecule has 9 heteroatoms. The van der Waals surface area contributed by atoms with Gasteiger partial charge in [0.25, 0.3) is 5.92 Å². The molecule has 3 aromatic rings. The molecule has 2 aromatic heterocycles. The van der Waals surface area contributed by atoms with Crippen LogP contribution in [0.3, 0.4) is 0 Å². The van der Waals surface area contributed by atoms with Crippen molar-refractivity contribution in [2.75, 3.05) is 20.6 Å². The van der Waals surface area contributed by atoms with Crippen LogP contribution in [0, 0.1) is 5.41 Å². The molecule has 0 spiro atoms. The Morgan fingerprint density at radius 2 is 2.09 bits per heavy atom. The number of likely N-dealkylation sites (N-methyl/N-ethyl adjacent to an activating group) is 1. The van der Waals surface area contributed by atoms with E-state index in [4.69, 9.17) is 4.42 Å². The minimum absolute atomic E-state index is 0.0181. The number of aromatic nitrogens is 2. The molecule has 1 aliphatic rings. The second-order valence-electron chi connectivity index (χ2n) is 9.56. The lowest BCUT2D eigenvalue weighted by atomic mass is 9.77. The first-order valence-corrected chi connectivity index (χ1v) is 11.4. The highest BCUT2D eigenvalue weighted by Crippen LogP contribution is 2.65. The van der Waals surface area contributed by atoms with E-state index in [0.29, 0.717) is 42.5 Å². The van der Waals surface area contributed by atoms with Crippen molar-refractivity contribution < 1.29 is 18.0 Å². The minimum atomic E-state index is -2.88. The molecule has 1 fully saturated rings. The summed E-state index contributed by atoms with van der Waals surface area (Å²) in [6.07, 6.45) is 4.56. The molecule has 2 heterocycles. The van der Waals surface area contributed by atoms with Crippen molar-refractivity contribution in [1.29, 1.82) is 0 Å². The zero-order valence-corrected chi connectivity index (χ0v) is 19.6. The highest BCUT2D eigenvalue weighted by Gasteiger charge is 2.63. The Labute approximate surface area is 196 Å². The summed E-state index contributed by atoms with van der Waals surface area (Å²) in [6, 6.07) is 8.96. The number of oxazole rings is 1. The van der Waals surface area contributed by atoms with E-state index in [9.17, 15) is 18.4 Å². The predicted octanol–water partition coefficient (Wildman–Crippen LogP) is 3.71. The van der Waals surface area contributed by atoms with Crippen LogP contribution < -0.4 is 11.1 Å². The lowest BCUT2D eigenvalue weighted by Gasteiger charge is -2.32. The Bertz CT molecular complexity index is 1200. The molecule has 0 aliphatic heterocycles. The Balaban J connectivity index is 1.44. The van der Waals surface area contributed by atoms with Crippen molar-refractivity contribution in [3.8, 4) is 0 Å². The van der Waals surface area contributed by atoms with E-state index in [1.54, 1.807) is 30.6 Å². The van der Waals surface area contributed by atoms with Crippen molar-refractivity contribution >= 4 is 17.0 Å². The van der Waals surface area contributed by atoms with E-state index in [1.165, 1.54) is 0 Å². The Morgan fingerprint density at radius 3 is 2.71 bits per heavy atom. The molecule has 1 aromatic carbocycles. The molecular formula is C25H30F2N4O3. The molecule has 34 heavy (non-hydrogen) atoms. The van der Waals surface area contributed by atoms with Gasteiger partial charge >= 0.3 is 5.76 Å². The number of carbonyl (C=O) groups excluding carboxylic acids is 1. The topological polar surface area (TPSA) is 91.2 Å². The lowest BCUT2D eigenvalue weighted by Crippen LogP contribution is -2.43. The van der Waals surface area contributed by atoms with Crippen LogP contribution in [-0.4, -0.2) is 53.4 Å². The van der Waals surface area contributed by atoms with Crippen LogP contribution in [0.4, 0.5) is 8.78 Å². The molecule has 2 N–H and O–H groups in total. The zero-order chi connectivity index (χ0) is 24.5. The third kappa shape index (κ3) is 5.04. The summed E-state index contributed by atoms with van der Waals surface area (Å²) in [5, 5.41) is 2.95. The molecule has 0 unspecified atom stereocenters. The highest BCUT2D eigenvalue weighted by molar-refractivity contribution is 5.77. The van der Waals surface area contributed by atoms with E-state index in [1.807, 2.05) is 31.1 Å². The number of nitrogens with one attached hydrogen (secondary N) is 2. The number of alkyl halides is 2. The fraction of sp³-hybridized carbons (Fsp3) is 0.480. The normalized spacial score (nSPS) is 17.0. The van der Waals surface area contributed by atoms with Gasteiger partial charge in [0.15, 0.2) is 5.58 Å². The maximum atomic E-state index is 14.5. The van der Waals surface area contributed by atoms with Crippen molar-refractivity contribution in [2.24, 2.45) is 5.41 Å². The van der Waals surface area contributed by atoms with Crippen LogP contribution >= 0.6 is 0 Å². The summed E-state index contributed by atoms with van der Waals surface area (Å²) in [6.45, 7) is 1.31. The molecule has 4 rings (SSSR count). The molecule has 0 bridgehead atoms. The Kier molecular flexibility index (Phi) is 6.58. The third-order valence-corrected chi connectivity index (χ3v) is 7.03. The summed E-state index contributed by atoms with van der Waals surface area (Å²) < 4.78 is 34.2. The smallest absolute Gasteiger partial charge is 0.408 e.